The third kappa shape index (κ3) is 4.16. The van der Waals surface area contributed by atoms with Crippen molar-refractivity contribution in [1.29, 1.82) is 0 Å². The Bertz CT molecular complexity index is 348. The molecule has 0 aromatic carbocycles. The average molecular weight is 283 g/mol. The second-order valence-electron chi connectivity index (χ2n) is 5.55. The number of nitrogens with zero attached hydrogens (tertiary/aromatic N) is 2. The molecule has 1 fully saturated rings. The van der Waals surface area contributed by atoms with Crippen LogP contribution in [0.3, 0.4) is 0 Å². The SMILES string of the molecule is COCC(NC1CCN(c2nccs2)CC1)C(C)C. The van der Waals surface area contributed by atoms with Crippen LogP contribution in [0.4, 0.5) is 5.13 Å². The van der Waals surface area contributed by atoms with Crippen LogP contribution in [-0.2, 0) is 4.74 Å². The minimum Gasteiger partial charge on any atom is -0.383 e. The Morgan fingerprint density at radius 2 is 2.21 bits per heavy atom. The van der Waals surface area contributed by atoms with E-state index in [9.17, 15) is 0 Å². The van der Waals surface area contributed by atoms with Gasteiger partial charge in [-0.2, -0.15) is 0 Å². The molecule has 1 N–H and O–H groups in total. The molecule has 1 atom stereocenters. The van der Waals surface area contributed by atoms with Gasteiger partial charge in [-0.05, 0) is 18.8 Å². The summed E-state index contributed by atoms with van der Waals surface area (Å²) in [5, 5.41) is 6.96. The van der Waals surface area contributed by atoms with E-state index >= 15 is 0 Å². The van der Waals surface area contributed by atoms with E-state index in [0.717, 1.165) is 24.8 Å². The Morgan fingerprint density at radius 1 is 1.47 bits per heavy atom. The number of hydrogen-bond acceptors (Lipinski definition) is 5. The number of aromatic nitrogens is 1. The Hall–Kier alpha value is -0.650. The first-order valence-corrected chi connectivity index (χ1v) is 7.98. The summed E-state index contributed by atoms with van der Waals surface area (Å²) in [5.41, 5.74) is 0. The zero-order chi connectivity index (χ0) is 13.7. The van der Waals surface area contributed by atoms with Crippen molar-refractivity contribution in [2.75, 3.05) is 31.7 Å². The maximum absolute atomic E-state index is 5.31. The number of anilines is 1. The van der Waals surface area contributed by atoms with Crippen molar-refractivity contribution in [2.24, 2.45) is 5.92 Å². The largest absolute Gasteiger partial charge is 0.383 e. The minimum atomic E-state index is 0.460. The van der Waals surface area contributed by atoms with E-state index in [4.69, 9.17) is 4.74 Å². The first kappa shape index (κ1) is 14.8. The van der Waals surface area contributed by atoms with Crippen molar-refractivity contribution in [2.45, 2.75) is 38.8 Å². The molecule has 1 aromatic heterocycles. The normalized spacial score (nSPS) is 19.1. The summed E-state index contributed by atoms with van der Waals surface area (Å²) in [6, 6.07) is 1.07. The molecule has 4 nitrogen and oxygen atoms in total. The van der Waals surface area contributed by atoms with Crippen LogP contribution in [-0.4, -0.2) is 43.9 Å². The molecule has 1 saturated heterocycles. The van der Waals surface area contributed by atoms with E-state index in [1.807, 2.05) is 11.6 Å². The Labute approximate surface area is 120 Å². The van der Waals surface area contributed by atoms with Gasteiger partial charge in [0.05, 0.1) is 6.61 Å². The van der Waals surface area contributed by atoms with Crippen LogP contribution in [0.15, 0.2) is 11.6 Å². The van der Waals surface area contributed by atoms with Crippen molar-refractivity contribution < 1.29 is 4.74 Å². The molecule has 0 aliphatic carbocycles. The highest BCUT2D eigenvalue weighted by Gasteiger charge is 2.23. The van der Waals surface area contributed by atoms with Crippen molar-refractivity contribution in [3.05, 3.63) is 11.6 Å². The van der Waals surface area contributed by atoms with Crippen LogP contribution in [0.1, 0.15) is 26.7 Å². The van der Waals surface area contributed by atoms with E-state index < -0.39 is 0 Å². The summed E-state index contributed by atoms with van der Waals surface area (Å²) in [4.78, 5) is 6.78. The molecule has 5 heteroatoms. The second-order valence-corrected chi connectivity index (χ2v) is 6.42. The lowest BCUT2D eigenvalue weighted by Crippen LogP contribution is -2.49. The molecule has 19 heavy (non-hydrogen) atoms. The van der Waals surface area contributed by atoms with Crippen LogP contribution in [0.5, 0.6) is 0 Å². The monoisotopic (exact) mass is 283 g/mol. The molecule has 1 aliphatic heterocycles. The molecular formula is C14H25N3OS. The van der Waals surface area contributed by atoms with Gasteiger partial charge in [0, 0.05) is 43.9 Å². The predicted molar refractivity (Wildman–Crippen MR) is 81.0 cm³/mol. The lowest BCUT2D eigenvalue weighted by Gasteiger charge is -2.35. The lowest BCUT2D eigenvalue weighted by atomic mass is 10.00. The number of hydrogen-bond donors (Lipinski definition) is 1. The molecule has 2 heterocycles. The highest BCUT2D eigenvalue weighted by Crippen LogP contribution is 2.22. The van der Waals surface area contributed by atoms with Gasteiger partial charge in [0.2, 0.25) is 0 Å². The third-order valence-electron chi connectivity index (χ3n) is 3.79. The maximum atomic E-state index is 5.31. The fourth-order valence-electron chi connectivity index (χ4n) is 2.52. The third-order valence-corrected chi connectivity index (χ3v) is 4.62. The zero-order valence-corrected chi connectivity index (χ0v) is 12.9. The molecular weight excluding hydrogens is 258 g/mol. The van der Waals surface area contributed by atoms with Crippen LogP contribution < -0.4 is 10.2 Å². The van der Waals surface area contributed by atoms with E-state index in [2.05, 4.69) is 29.0 Å². The van der Waals surface area contributed by atoms with Crippen molar-refractivity contribution in [1.82, 2.24) is 10.3 Å². The number of methoxy groups -OCH3 is 1. The smallest absolute Gasteiger partial charge is 0.185 e. The number of ether oxygens (including phenoxy) is 1. The first-order chi connectivity index (χ1) is 9.20. The summed E-state index contributed by atoms with van der Waals surface area (Å²) in [5.74, 6) is 0.608. The number of thiazole rings is 1. The topological polar surface area (TPSA) is 37.4 Å². The van der Waals surface area contributed by atoms with Gasteiger partial charge in [-0.3, -0.25) is 0 Å². The predicted octanol–water partition coefficient (Wildman–Crippen LogP) is 2.37. The summed E-state index contributed by atoms with van der Waals surface area (Å²) in [7, 11) is 1.78. The number of rotatable bonds is 6. The molecule has 0 spiro atoms. The van der Waals surface area contributed by atoms with Gasteiger partial charge >= 0.3 is 0 Å². The molecule has 1 unspecified atom stereocenters. The molecule has 2 rings (SSSR count). The molecule has 0 bridgehead atoms. The summed E-state index contributed by atoms with van der Waals surface area (Å²) >= 11 is 1.73. The summed E-state index contributed by atoms with van der Waals surface area (Å²) in [6.45, 7) is 7.50. The van der Waals surface area contributed by atoms with E-state index in [1.54, 1.807) is 18.4 Å². The lowest BCUT2D eigenvalue weighted by molar-refractivity contribution is 0.137. The van der Waals surface area contributed by atoms with Gasteiger partial charge in [-0.15, -0.1) is 11.3 Å². The molecule has 1 aliphatic rings. The van der Waals surface area contributed by atoms with E-state index in [0.29, 0.717) is 18.0 Å². The van der Waals surface area contributed by atoms with Gasteiger partial charge < -0.3 is 15.0 Å². The Balaban J connectivity index is 1.79. The minimum absolute atomic E-state index is 0.460. The first-order valence-electron chi connectivity index (χ1n) is 7.10. The summed E-state index contributed by atoms with van der Waals surface area (Å²) < 4.78 is 5.31. The van der Waals surface area contributed by atoms with Crippen LogP contribution >= 0.6 is 11.3 Å². The van der Waals surface area contributed by atoms with E-state index in [1.165, 1.54) is 12.8 Å². The van der Waals surface area contributed by atoms with Gasteiger partial charge in [-0.1, -0.05) is 13.8 Å². The van der Waals surface area contributed by atoms with Gasteiger partial charge in [0.15, 0.2) is 5.13 Å². The summed E-state index contributed by atoms with van der Waals surface area (Å²) in [6.07, 6.45) is 4.26. The van der Waals surface area contributed by atoms with Gasteiger partial charge in [-0.25, -0.2) is 4.98 Å². The number of piperidine rings is 1. The fourth-order valence-corrected chi connectivity index (χ4v) is 3.22. The maximum Gasteiger partial charge on any atom is 0.185 e. The molecule has 108 valence electrons. The molecule has 1 aromatic rings. The van der Waals surface area contributed by atoms with Crippen molar-refractivity contribution in [3.8, 4) is 0 Å². The molecule has 0 amide bonds. The van der Waals surface area contributed by atoms with Gasteiger partial charge in [0.1, 0.15) is 0 Å². The van der Waals surface area contributed by atoms with Crippen molar-refractivity contribution >= 4 is 16.5 Å². The van der Waals surface area contributed by atoms with E-state index in [-0.39, 0.29) is 0 Å². The second kappa shape index (κ2) is 7.22. The Morgan fingerprint density at radius 3 is 2.74 bits per heavy atom. The molecule has 0 radical (unpaired) electrons. The van der Waals surface area contributed by atoms with Crippen LogP contribution in [0, 0.1) is 5.92 Å². The average Bonchev–Trinajstić information content (AvgIpc) is 2.93. The highest BCUT2D eigenvalue weighted by atomic mass is 32.1. The van der Waals surface area contributed by atoms with Crippen LogP contribution in [0.25, 0.3) is 0 Å². The van der Waals surface area contributed by atoms with Crippen molar-refractivity contribution in [3.63, 3.8) is 0 Å². The van der Waals surface area contributed by atoms with Crippen LogP contribution in [0.2, 0.25) is 0 Å². The van der Waals surface area contributed by atoms with Gasteiger partial charge in [0.25, 0.3) is 0 Å². The number of nitrogens with one attached hydrogen (secondary N) is 1. The zero-order valence-electron chi connectivity index (χ0n) is 12.1. The molecule has 0 saturated carbocycles. The highest BCUT2D eigenvalue weighted by molar-refractivity contribution is 7.13. The quantitative estimate of drug-likeness (QED) is 0.870. The Kier molecular flexibility index (Phi) is 5.60. The standard InChI is InChI=1S/C14H25N3OS/c1-11(2)13(10-18-3)16-12-4-7-17(8-5-12)14-15-6-9-19-14/h6,9,11-13,16H,4-5,7-8,10H2,1-3H3. The fraction of sp³-hybridized carbons (Fsp3) is 0.786.